The molecule has 1 unspecified atom stereocenters. The van der Waals surface area contributed by atoms with Gasteiger partial charge in [0.25, 0.3) is 0 Å². The fraction of sp³-hybridized carbons (Fsp3) is 0.188. The monoisotopic (exact) mass is 318 g/mol. The van der Waals surface area contributed by atoms with E-state index in [1.165, 1.54) is 4.90 Å². The SMILES string of the molecule is CCOC(=O)C(O)c1cccc2c1Sc1ccccc1S2. The number of aliphatic hydroxyl groups excluding tert-OH is 1. The highest BCUT2D eigenvalue weighted by atomic mass is 32.2. The van der Waals surface area contributed by atoms with E-state index in [-0.39, 0.29) is 6.61 Å². The maximum absolute atomic E-state index is 11.8. The Hall–Kier alpha value is -1.43. The van der Waals surface area contributed by atoms with Gasteiger partial charge in [-0.05, 0) is 25.1 Å². The maximum Gasteiger partial charge on any atom is 0.339 e. The van der Waals surface area contributed by atoms with E-state index in [4.69, 9.17) is 4.74 Å². The number of carbonyl (C=O) groups excluding carboxylic acids is 1. The number of rotatable bonds is 3. The Labute approximate surface area is 131 Å². The minimum absolute atomic E-state index is 0.260. The number of hydrogen-bond acceptors (Lipinski definition) is 5. The summed E-state index contributed by atoms with van der Waals surface area (Å²) in [5.74, 6) is -0.602. The van der Waals surface area contributed by atoms with E-state index in [0.29, 0.717) is 5.56 Å². The summed E-state index contributed by atoms with van der Waals surface area (Å²) in [5, 5.41) is 10.2. The molecule has 1 aliphatic heterocycles. The van der Waals surface area contributed by atoms with Crippen molar-refractivity contribution in [3.63, 3.8) is 0 Å². The lowest BCUT2D eigenvalue weighted by molar-refractivity contribution is -0.153. The van der Waals surface area contributed by atoms with Crippen molar-refractivity contribution in [2.75, 3.05) is 6.61 Å². The number of aliphatic hydroxyl groups is 1. The molecule has 0 radical (unpaired) electrons. The molecule has 1 N–H and O–H groups in total. The molecule has 0 saturated heterocycles. The molecular formula is C16H14O3S2. The molecule has 0 saturated carbocycles. The van der Waals surface area contributed by atoms with Crippen molar-refractivity contribution >= 4 is 29.5 Å². The molecule has 2 aromatic rings. The molecule has 1 atom stereocenters. The van der Waals surface area contributed by atoms with Gasteiger partial charge in [0, 0.05) is 25.1 Å². The maximum atomic E-state index is 11.8. The molecular weight excluding hydrogens is 304 g/mol. The third kappa shape index (κ3) is 2.81. The van der Waals surface area contributed by atoms with Crippen molar-refractivity contribution < 1.29 is 14.6 Å². The molecule has 21 heavy (non-hydrogen) atoms. The first-order chi connectivity index (χ1) is 10.2. The zero-order valence-corrected chi connectivity index (χ0v) is 13.0. The van der Waals surface area contributed by atoms with Crippen molar-refractivity contribution in [2.45, 2.75) is 32.6 Å². The van der Waals surface area contributed by atoms with E-state index >= 15 is 0 Å². The van der Waals surface area contributed by atoms with Crippen LogP contribution in [0.5, 0.6) is 0 Å². The van der Waals surface area contributed by atoms with Crippen LogP contribution in [0.3, 0.4) is 0 Å². The van der Waals surface area contributed by atoms with Crippen LogP contribution in [0.1, 0.15) is 18.6 Å². The van der Waals surface area contributed by atoms with Crippen LogP contribution in [0.2, 0.25) is 0 Å². The number of esters is 1. The second-order valence-electron chi connectivity index (χ2n) is 4.48. The van der Waals surface area contributed by atoms with Crippen LogP contribution >= 0.6 is 23.5 Å². The van der Waals surface area contributed by atoms with Crippen LogP contribution in [0.25, 0.3) is 0 Å². The van der Waals surface area contributed by atoms with Gasteiger partial charge in [-0.25, -0.2) is 4.79 Å². The zero-order chi connectivity index (χ0) is 14.8. The van der Waals surface area contributed by atoms with E-state index in [1.807, 2.05) is 30.3 Å². The summed E-state index contributed by atoms with van der Waals surface area (Å²) in [5.41, 5.74) is 0.609. The summed E-state index contributed by atoms with van der Waals surface area (Å²) in [6.07, 6.45) is -1.24. The van der Waals surface area contributed by atoms with Gasteiger partial charge in [-0.15, -0.1) is 0 Å². The smallest absolute Gasteiger partial charge is 0.339 e. The Bertz CT molecular complexity index is 685. The number of benzene rings is 2. The van der Waals surface area contributed by atoms with Gasteiger partial charge in [0.15, 0.2) is 6.10 Å². The Morgan fingerprint density at radius 1 is 1.10 bits per heavy atom. The lowest BCUT2D eigenvalue weighted by atomic mass is 10.1. The normalized spacial score (nSPS) is 14.0. The predicted octanol–water partition coefficient (Wildman–Crippen LogP) is 3.90. The molecule has 5 heteroatoms. The molecule has 0 amide bonds. The summed E-state index contributed by atoms with van der Waals surface area (Å²) in [6, 6.07) is 13.8. The number of ether oxygens (including phenoxy) is 1. The Morgan fingerprint density at radius 2 is 1.76 bits per heavy atom. The highest BCUT2D eigenvalue weighted by Gasteiger charge is 2.26. The third-order valence-corrected chi connectivity index (χ3v) is 5.72. The lowest BCUT2D eigenvalue weighted by Gasteiger charge is -2.22. The molecule has 1 aliphatic rings. The van der Waals surface area contributed by atoms with E-state index in [9.17, 15) is 9.90 Å². The first-order valence-electron chi connectivity index (χ1n) is 6.63. The lowest BCUT2D eigenvalue weighted by Crippen LogP contribution is -2.16. The van der Waals surface area contributed by atoms with Crippen molar-refractivity contribution in [3.05, 3.63) is 48.0 Å². The van der Waals surface area contributed by atoms with Crippen LogP contribution in [0, 0.1) is 0 Å². The average molecular weight is 318 g/mol. The van der Waals surface area contributed by atoms with Crippen molar-refractivity contribution in [1.82, 2.24) is 0 Å². The van der Waals surface area contributed by atoms with Crippen LogP contribution in [0.4, 0.5) is 0 Å². The average Bonchev–Trinajstić information content (AvgIpc) is 2.52. The topological polar surface area (TPSA) is 46.5 Å². The minimum Gasteiger partial charge on any atom is -0.464 e. The fourth-order valence-electron chi connectivity index (χ4n) is 2.13. The summed E-state index contributed by atoms with van der Waals surface area (Å²) in [6.45, 7) is 1.99. The zero-order valence-electron chi connectivity index (χ0n) is 11.4. The van der Waals surface area contributed by atoms with Gasteiger partial charge in [0.2, 0.25) is 0 Å². The Balaban J connectivity index is 1.98. The second kappa shape index (κ2) is 6.13. The third-order valence-electron chi connectivity index (χ3n) is 3.09. The first kappa shape index (κ1) is 14.5. The first-order valence-corrected chi connectivity index (χ1v) is 8.26. The van der Waals surface area contributed by atoms with Gasteiger partial charge in [-0.3, -0.25) is 0 Å². The highest BCUT2D eigenvalue weighted by Crippen LogP contribution is 2.50. The largest absolute Gasteiger partial charge is 0.464 e. The number of hydrogen-bond donors (Lipinski definition) is 1. The summed E-state index contributed by atoms with van der Waals surface area (Å²) in [4.78, 5) is 16.1. The van der Waals surface area contributed by atoms with Gasteiger partial charge in [0.1, 0.15) is 0 Å². The van der Waals surface area contributed by atoms with Gasteiger partial charge >= 0.3 is 5.97 Å². The van der Waals surface area contributed by atoms with Crippen molar-refractivity contribution in [2.24, 2.45) is 0 Å². The van der Waals surface area contributed by atoms with Crippen molar-refractivity contribution in [1.29, 1.82) is 0 Å². The van der Waals surface area contributed by atoms with Gasteiger partial charge in [-0.2, -0.15) is 0 Å². The Morgan fingerprint density at radius 3 is 2.48 bits per heavy atom. The minimum atomic E-state index is -1.24. The number of carbonyl (C=O) groups is 1. The molecule has 1 heterocycles. The van der Waals surface area contributed by atoms with E-state index in [0.717, 1.165) is 14.7 Å². The van der Waals surface area contributed by atoms with E-state index < -0.39 is 12.1 Å². The predicted molar refractivity (Wildman–Crippen MR) is 82.7 cm³/mol. The molecule has 3 rings (SSSR count). The molecule has 3 nitrogen and oxygen atoms in total. The fourth-order valence-corrected chi connectivity index (χ4v) is 4.54. The van der Waals surface area contributed by atoms with Gasteiger partial charge in [-0.1, -0.05) is 47.8 Å². The van der Waals surface area contributed by atoms with Crippen LogP contribution < -0.4 is 0 Å². The summed E-state index contributed by atoms with van der Waals surface area (Å²) < 4.78 is 4.91. The van der Waals surface area contributed by atoms with Gasteiger partial charge < -0.3 is 9.84 Å². The molecule has 0 spiro atoms. The molecule has 0 aromatic heterocycles. The Kier molecular flexibility index (Phi) is 4.24. The quantitative estimate of drug-likeness (QED) is 0.742. The number of fused-ring (bicyclic) bond motifs is 2. The van der Waals surface area contributed by atoms with Crippen LogP contribution in [0.15, 0.2) is 62.0 Å². The molecule has 2 aromatic carbocycles. The summed E-state index contributed by atoms with van der Waals surface area (Å²) in [7, 11) is 0. The van der Waals surface area contributed by atoms with E-state index in [2.05, 4.69) is 6.07 Å². The molecule has 0 aliphatic carbocycles. The summed E-state index contributed by atoms with van der Waals surface area (Å²) >= 11 is 3.24. The van der Waals surface area contributed by atoms with Crippen molar-refractivity contribution in [3.8, 4) is 0 Å². The van der Waals surface area contributed by atoms with Crippen LogP contribution in [-0.2, 0) is 9.53 Å². The van der Waals surface area contributed by atoms with Crippen LogP contribution in [-0.4, -0.2) is 17.7 Å². The van der Waals surface area contributed by atoms with E-state index in [1.54, 1.807) is 36.5 Å². The molecule has 0 bridgehead atoms. The standard InChI is InChI=1S/C16H14O3S2/c1-2-19-16(18)14(17)10-6-5-9-13-15(10)21-12-8-4-3-7-11(12)20-13/h3-9,14,17H,2H2,1H3. The molecule has 108 valence electrons. The molecule has 0 fully saturated rings. The second-order valence-corrected chi connectivity index (χ2v) is 6.62. The van der Waals surface area contributed by atoms with Gasteiger partial charge in [0.05, 0.1) is 6.61 Å². The highest BCUT2D eigenvalue weighted by molar-refractivity contribution is 8.05.